The van der Waals surface area contributed by atoms with Crippen molar-refractivity contribution in [1.82, 2.24) is 10.3 Å². The zero-order valence-corrected chi connectivity index (χ0v) is 21.1. The van der Waals surface area contributed by atoms with Gasteiger partial charge in [0.15, 0.2) is 5.78 Å². The molecule has 4 aliphatic rings. The molecule has 6 heteroatoms. The number of hydrogen-bond acceptors (Lipinski definition) is 5. The maximum absolute atomic E-state index is 12.7. The highest BCUT2D eigenvalue weighted by molar-refractivity contribution is 5.91. The molecule has 4 aliphatic carbocycles. The zero-order valence-electron chi connectivity index (χ0n) is 21.1. The Morgan fingerprint density at radius 1 is 1.03 bits per heavy atom. The van der Waals surface area contributed by atoms with Crippen LogP contribution in [0.4, 0.5) is 0 Å². The van der Waals surface area contributed by atoms with Crippen LogP contribution in [-0.4, -0.2) is 28.7 Å². The van der Waals surface area contributed by atoms with Gasteiger partial charge in [-0.2, -0.15) is 0 Å². The lowest BCUT2D eigenvalue weighted by atomic mass is 9.47. The first-order chi connectivity index (χ1) is 16.8. The molecule has 0 unspecified atom stereocenters. The summed E-state index contributed by atoms with van der Waals surface area (Å²) in [4.78, 5) is 40.9. The maximum atomic E-state index is 12.7. The summed E-state index contributed by atoms with van der Waals surface area (Å²) in [6, 6.07) is 3.72. The van der Waals surface area contributed by atoms with E-state index in [0.29, 0.717) is 36.5 Å². The number of carbonyl (C=O) groups excluding carboxylic acids is 3. The van der Waals surface area contributed by atoms with E-state index in [0.717, 1.165) is 50.5 Å². The van der Waals surface area contributed by atoms with Gasteiger partial charge in [-0.1, -0.05) is 19.4 Å². The first-order valence-corrected chi connectivity index (χ1v) is 13.4. The standard InChI is InChI=1S/C29H38N2O4/c1-28-13-9-21(32)17-20(28)3-4-22-23-5-6-25(29(23,2)14-10-24(22)28)35-27(34)8-7-26(33)31-18-19-11-15-30-16-12-19/h11-12,15-17,22-25H,3-10,13-14,18H2,1-2H3,(H,31,33)/t22-,23-,24-,25-,28+,29+/m1/s1. The molecule has 1 heterocycles. The van der Waals surface area contributed by atoms with Crippen LogP contribution in [0.2, 0.25) is 0 Å². The summed E-state index contributed by atoms with van der Waals surface area (Å²) in [6.07, 6.45) is 13.7. The highest BCUT2D eigenvalue weighted by Gasteiger charge is 2.59. The van der Waals surface area contributed by atoms with Crippen molar-refractivity contribution in [1.29, 1.82) is 0 Å². The monoisotopic (exact) mass is 478 g/mol. The number of allylic oxidation sites excluding steroid dienone is 1. The highest BCUT2D eigenvalue weighted by atomic mass is 16.5. The molecule has 6 nitrogen and oxygen atoms in total. The minimum atomic E-state index is -0.260. The van der Waals surface area contributed by atoms with Crippen LogP contribution in [0.3, 0.4) is 0 Å². The molecule has 1 amide bonds. The summed E-state index contributed by atoms with van der Waals surface area (Å²) in [7, 11) is 0. The molecule has 0 bridgehead atoms. The van der Waals surface area contributed by atoms with E-state index >= 15 is 0 Å². The van der Waals surface area contributed by atoms with E-state index in [-0.39, 0.29) is 41.7 Å². The third-order valence-corrected chi connectivity index (χ3v) is 9.94. The number of nitrogens with zero attached hydrogens (tertiary/aromatic N) is 1. The Balaban J connectivity index is 1.16. The molecule has 1 N–H and O–H groups in total. The fraction of sp³-hybridized carbons (Fsp3) is 0.655. The number of rotatable bonds is 6. The highest BCUT2D eigenvalue weighted by Crippen LogP contribution is 2.65. The lowest BCUT2D eigenvalue weighted by Gasteiger charge is -2.57. The SMILES string of the molecule is C[C@]12CC[C@@H]3[C@H](CCC4=CC(=O)CC[C@@]43C)[C@H]1CC[C@H]2OC(=O)CCC(=O)NCc1ccncc1. The third kappa shape index (κ3) is 4.56. The van der Waals surface area contributed by atoms with Gasteiger partial charge in [-0.25, -0.2) is 0 Å². The number of amides is 1. The fourth-order valence-electron chi connectivity index (χ4n) is 7.93. The second-order valence-corrected chi connectivity index (χ2v) is 11.7. The lowest BCUT2D eigenvalue weighted by Crippen LogP contribution is -2.51. The first kappa shape index (κ1) is 24.2. The van der Waals surface area contributed by atoms with Gasteiger partial charge >= 0.3 is 5.97 Å². The van der Waals surface area contributed by atoms with E-state index in [1.54, 1.807) is 12.4 Å². The van der Waals surface area contributed by atoms with Crippen LogP contribution in [0.25, 0.3) is 0 Å². The van der Waals surface area contributed by atoms with Gasteiger partial charge in [-0.15, -0.1) is 0 Å². The Morgan fingerprint density at radius 3 is 2.63 bits per heavy atom. The van der Waals surface area contributed by atoms with Gasteiger partial charge in [0.1, 0.15) is 6.10 Å². The van der Waals surface area contributed by atoms with Crippen molar-refractivity contribution in [2.24, 2.45) is 28.6 Å². The predicted octanol–water partition coefficient (Wildman–Crippen LogP) is 4.92. The average molecular weight is 479 g/mol. The number of nitrogens with one attached hydrogen (secondary N) is 1. The molecule has 0 aromatic carbocycles. The van der Waals surface area contributed by atoms with E-state index in [2.05, 4.69) is 24.1 Å². The smallest absolute Gasteiger partial charge is 0.306 e. The molecular formula is C29H38N2O4. The van der Waals surface area contributed by atoms with Gasteiger partial charge in [0.2, 0.25) is 5.91 Å². The third-order valence-electron chi connectivity index (χ3n) is 9.94. The number of ether oxygens (including phenoxy) is 1. The van der Waals surface area contributed by atoms with Gasteiger partial charge in [-0.05, 0) is 91.9 Å². The second kappa shape index (κ2) is 9.51. The number of pyridine rings is 1. The second-order valence-electron chi connectivity index (χ2n) is 11.7. The molecule has 1 aromatic rings. The Bertz CT molecular complexity index is 1020. The molecule has 3 fully saturated rings. The quantitative estimate of drug-likeness (QED) is 0.587. The van der Waals surface area contributed by atoms with Gasteiger partial charge in [0.05, 0.1) is 6.42 Å². The Hall–Kier alpha value is -2.50. The number of hydrogen-bond donors (Lipinski definition) is 1. The number of aromatic nitrogens is 1. The Kier molecular flexibility index (Phi) is 6.58. The number of fused-ring (bicyclic) bond motifs is 5. The molecular weight excluding hydrogens is 440 g/mol. The van der Waals surface area contributed by atoms with Crippen molar-refractivity contribution in [2.75, 3.05) is 0 Å². The van der Waals surface area contributed by atoms with Crippen LogP contribution in [0.5, 0.6) is 0 Å². The van der Waals surface area contributed by atoms with Crippen LogP contribution in [0, 0.1) is 28.6 Å². The van der Waals surface area contributed by atoms with Crippen molar-refractivity contribution >= 4 is 17.7 Å². The van der Waals surface area contributed by atoms with Gasteiger partial charge in [-0.3, -0.25) is 19.4 Å². The zero-order chi connectivity index (χ0) is 24.6. The van der Waals surface area contributed by atoms with Crippen molar-refractivity contribution in [2.45, 2.75) is 90.7 Å². The van der Waals surface area contributed by atoms with Gasteiger partial charge in [0.25, 0.3) is 0 Å². The number of esters is 1. The molecule has 5 rings (SSSR count). The van der Waals surface area contributed by atoms with Crippen LogP contribution in [0.1, 0.15) is 83.6 Å². The molecule has 35 heavy (non-hydrogen) atoms. The predicted molar refractivity (Wildman–Crippen MR) is 132 cm³/mol. The van der Waals surface area contributed by atoms with Crippen molar-refractivity contribution in [3.8, 4) is 0 Å². The topological polar surface area (TPSA) is 85.4 Å². The first-order valence-electron chi connectivity index (χ1n) is 13.4. The number of carbonyl (C=O) groups is 3. The summed E-state index contributed by atoms with van der Waals surface area (Å²) in [5.74, 6) is 1.75. The lowest BCUT2D eigenvalue weighted by molar-refractivity contribution is -0.160. The van der Waals surface area contributed by atoms with Crippen molar-refractivity contribution in [3.63, 3.8) is 0 Å². The van der Waals surface area contributed by atoms with Crippen LogP contribution in [-0.2, 0) is 25.7 Å². The van der Waals surface area contributed by atoms with E-state index in [1.807, 2.05) is 18.2 Å². The normalized spacial score (nSPS) is 35.8. The fourth-order valence-corrected chi connectivity index (χ4v) is 7.93. The molecule has 0 aliphatic heterocycles. The molecule has 0 saturated heterocycles. The number of ketones is 1. The maximum Gasteiger partial charge on any atom is 0.306 e. The molecule has 3 saturated carbocycles. The summed E-state index contributed by atoms with van der Waals surface area (Å²) in [5.41, 5.74) is 2.55. The van der Waals surface area contributed by atoms with E-state index in [4.69, 9.17) is 4.74 Å². The molecule has 6 atom stereocenters. The van der Waals surface area contributed by atoms with Crippen molar-refractivity contribution in [3.05, 3.63) is 41.7 Å². The van der Waals surface area contributed by atoms with Gasteiger partial charge < -0.3 is 10.1 Å². The van der Waals surface area contributed by atoms with E-state index in [9.17, 15) is 14.4 Å². The summed E-state index contributed by atoms with van der Waals surface area (Å²) in [5, 5.41) is 2.86. The summed E-state index contributed by atoms with van der Waals surface area (Å²) < 4.78 is 6.04. The Labute approximate surface area is 208 Å². The van der Waals surface area contributed by atoms with Crippen molar-refractivity contribution < 1.29 is 19.1 Å². The molecule has 1 aromatic heterocycles. The largest absolute Gasteiger partial charge is 0.462 e. The molecule has 0 spiro atoms. The minimum Gasteiger partial charge on any atom is -0.462 e. The minimum absolute atomic E-state index is 0.0164. The van der Waals surface area contributed by atoms with Crippen LogP contribution in [0.15, 0.2) is 36.2 Å². The summed E-state index contributed by atoms with van der Waals surface area (Å²) in [6.45, 7) is 5.17. The summed E-state index contributed by atoms with van der Waals surface area (Å²) >= 11 is 0. The van der Waals surface area contributed by atoms with E-state index < -0.39 is 0 Å². The molecule has 188 valence electrons. The van der Waals surface area contributed by atoms with Gasteiger partial charge in [0, 0.05) is 37.2 Å². The molecule has 0 radical (unpaired) electrons. The average Bonchev–Trinajstić information content (AvgIpc) is 3.18. The Morgan fingerprint density at radius 2 is 1.83 bits per heavy atom. The van der Waals surface area contributed by atoms with Crippen LogP contribution < -0.4 is 5.32 Å². The van der Waals surface area contributed by atoms with Crippen LogP contribution >= 0.6 is 0 Å². The van der Waals surface area contributed by atoms with E-state index in [1.165, 1.54) is 5.57 Å².